The highest BCUT2D eigenvalue weighted by atomic mass is 16.3. The van der Waals surface area contributed by atoms with Gasteiger partial charge in [-0.15, -0.1) is 0 Å². The zero-order valence-corrected chi connectivity index (χ0v) is 15.3. The molecule has 0 aliphatic carbocycles. The average molecular weight is 334 g/mol. The third-order valence-corrected chi connectivity index (χ3v) is 5.42. The van der Waals surface area contributed by atoms with Gasteiger partial charge in [0.2, 0.25) is 0 Å². The number of hydrogen-bond donors (Lipinski definition) is 1. The smallest absolute Gasteiger partial charge is 0.0969 e. The van der Waals surface area contributed by atoms with Gasteiger partial charge in [0.15, 0.2) is 0 Å². The molecule has 0 spiro atoms. The van der Waals surface area contributed by atoms with Crippen LogP contribution < -0.4 is 0 Å². The lowest BCUT2D eigenvalue weighted by molar-refractivity contribution is 0.156. The van der Waals surface area contributed by atoms with E-state index >= 15 is 0 Å². The molecule has 1 aliphatic heterocycles. The molecule has 1 N–H and O–H groups in total. The number of likely N-dealkylation sites (N-methyl/N-ethyl adjacent to an activating group) is 1. The first kappa shape index (κ1) is 16.4. The van der Waals surface area contributed by atoms with E-state index in [0.717, 1.165) is 25.1 Å². The van der Waals surface area contributed by atoms with E-state index in [4.69, 9.17) is 0 Å². The molecule has 4 rings (SSSR count). The largest absolute Gasteiger partial charge is 0.387 e. The van der Waals surface area contributed by atoms with Gasteiger partial charge in [0.05, 0.1) is 12.6 Å². The molecule has 0 bridgehead atoms. The summed E-state index contributed by atoms with van der Waals surface area (Å²) in [6, 6.07) is 14.9. The Hall–Kier alpha value is -2.10. The molecule has 1 unspecified atom stereocenters. The Morgan fingerprint density at radius 1 is 1.04 bits per heavy atom. The fourth-order valence-electron chi connectivity index (χ4n) is 3.97. The lowest BCUT2D eigenvalue weighted by atomic mass is 10.0. The SMILES string of the molecule is Cc1ccc(C(O)Cn2c3c(c4cc(C)ccc42)CN(C)CC3)cc1. The Kier molecular flexibility index (Phi) is 4.14. The molecule has 0 fully saturated rings. The minimum atomic E-state index is -0.485. The topological polar surface area (TPSA) is 28.4 Å². The molecule has 3 heteroatoms. The van der Waals surface area contributed by atoms with Crippen LogP contribution in [0.15, 0.2) is 42.5 Å². The van der Waals surface area contributed by atoms with E-state index in [2.05, 4.69) is 60.7 Å². The monoisotopic (exact) mass is 334 g/mol. The fraction of sp³-hybridized carbons (Fsp3) is 0.364. The maximum atomic E-state index is 10.8. The van der Waals surface area contributed by atoms with Gasteiger partial charge < -0.3 is 14.6 Å². The predicted molar refractivity (Wildman–Crippen MR) is 103 cm³/mol. The van der Waals surface area contributed by atoms with E-state index in [0.29, 0.717) is 6.54 Å². The second-order valence-electron chi connectivity index (χ2n) is 7.47. The van der Waals surface area contributed by atoms with Crippen LogP contribution in [0.25, 0.3) is 10.9 Å². The van der Waals surface area contributed by atoms with Gasteiger partial charge in [-0.3, -0.25) is 0 Å². The van der Waals surface area contributed by atoms with Crippen molar-refractivity contribution in [3.05, 3.63) is 70.4 Å². The lowest BCUT2D eigenvalue weighted by Crippen LogP contribution is -2.27. The van der Waals surface area contributed by atoms with Gasteiger partial charge in [-0.2, -0.15) is 0 Å². The normalized spacial score (nSPS) is 16.2. The van der Waals surface area contributed by atoms with Crippen LogP contribution in [0, 0.1) is 13.8 Å². The molecular weight excluding hydrogens is 308 g/mol. The van der Waals surface area contributed by atoms with Gasteiger partial charge in [-0.25, -0.2) is 0 Å². The van der Waals surface area contributed by atoms with Gasteiger partial charge in [0.25, 0.3) is 0 Å². The number of aromatic nitrogens is 1. The van der Waals surface area contributed by atoms with Crippen LogP contribution in [0.4, 0.5) is 0 Å². The average Bonchev–Trinajstić information content (AvgIpc) is 2.88. The number of benzene rings is 2. The highest BCUT2D eigenvalue weighted by Crippen LogP contribution is 2.32. The van der Waals surface area contributed by atoms with Crippen LogP contribution in [0.5, 0.6) is 0 Å². The third kappa shape index (κ3) is 2.99. The third-order valence-electron chi connectivity index (χ3n) is 5.42. The summed E-state index contributed by atoms with van der Waals surface area (Å²) in [6.07, 6.45) is 0.557. The molecule has 0 saturated carbocycles. The molecule has 2 heterocycles. The van der Waals surface area contributed by atoms with Gasteiger partial charge in [0, 0.05) is 36.1 Å². The molecule has 0 saturated heterocycles. The van der Waals surface area contributed by atoms with Crippen molar-refractivity contribution in [3.63, 3.8) is 0 Å². The van der Waals surface area contributed by atoms with Crippen molar-refractivity contribution in [2.45, 2.75) is 39.5 Å². The second kappa shape index (κ2) is 6.32. The first-order valence-electron chi connectivity index (χ1n) is 9.06. The van der Waals surface area contributed by atoms with Gasteiger partial charge >= 0.3 is 0 Å². The van der Waals surface area contributed by atoms with Crippen molar-refractivity contribution in [2.75, 3.05) is 13.6 Å². The number of aliphatic hydroxyl groups excluding tert-OH is 1. The maximum Gasteiger partial charge on any atom is 0.0969 e. The zero-order valence-electron chi connectivity index (χ0n) is 15.3. The first-order valence-corrected chi connectivity index (χ1v) is 9.06. The summed E-state index contributed by atoms with van der Waals surface area (Å²) < 4.78 is 2.35. The number of hydrogen-bond acceptors (Lipinski definition) is 2. The fourth-order valence-corrected chi connectivity index (χ4v) is 3.97. The van der Waals surface area contributed by atoms with Gasteiger partial charge in [-0.05, 0) is 44.2 Å². The minimum absolute atomic E-state index is 0.485. The molecule has 2 aromatic carbocycles. The molecule has 130 valence electrons. The van der Waals surface area contributed by atoms with Gasteiger partial charge in [0.1, 0.15) is 0 Å². The number of rotatable bonds is 3. The summed E-state index contributed by atoms with van der Waals surface area (Å²) in [7, 11) is 2.18. The Bertz CT molecular complexity index is 908. The molecule has 1 atom stereocenters. The maximum absolute atomic E-state index is 10.8. The lowest BCUT2D eigenvalue weighted by Gasteiger charge is -2.25. The molecule has 0 amide bonds. The van der Waals surface area contributed by atoms with E-state index in [1.165, 1.54) is 33.3 Å². The van der Waals surface area contributed by atoms with Crippen LogP contribution >= 0.6 is 0 Å². The van der Waals surface area contributed by atoms with Crippen molar-refractivity contribution in [3.8, 4) is 0 Å². The predicted octanol–water partition coefficient (Wildman–Crippen LogP) is 3.98. The summed E-state index contributed by atoms with van der Waals surface area (Å²) in [5.74, 6) is 0. The van der Waals surface area contributed by atoms with Crippen LogP contribution in [0.2, 0.25) is 0 Å². The van der Waals surface area contributed by atoms with Crippen molar-refractivity contribution in [1.82, 2.24) is 9.47 Å². The molecule has 3 nitrogen and oxygen atoms in total. The molecule has 25 heavy (non-hydrogen) atoms. The summed E-state index contributed by atoms with van der Waals surface area (Å²) in [6.45, 7) is 6.90. The van der Waals surface area contributed by atoms with E-state index < -0.39 is 6.10 Å². The Morgan fingerprint density at radius 2 is 1.76 bits per heavy atom. The van der Waals surface area contributed by atoms with Crippen LogP contribution in [-0.4, -0.2) is 28.2 Å². The summed E-state index contributed by atoms with van der Waals surface area (Å²) >= 11 is 0. The summed E-state index contributed by atoms with van der Waals surface area (Å²) in [5.41, 5.74) is 7.57. The van der Waals surface area contributed by atoms with Gasteiger partial charge in [-0.1, -0.05) is 41.5 Å². The highest BCUT2D eigenvalue weighted by molar-refractivity contribution is 5.86. The number of aliphatic hydroxyl groups is 1. The Balaban J connectivity index is 1.77. The van der Waals surface area contributed by atoms with Crippen LogP contribution in [-0.2, 0) is 19.5 Å². The first-order chi connectivity index (χ1) is 12.0. The van der Waals surface area contributed by atoms with E-state index in [1.807, 2.05) is 12.1 Å². The van der Waals surface area contributed by atoms with E-state index in [1.54, 1.807) is 0 Å². The van der Waals surface area contributed by atoms with Crippen molar-refractivity contribution >= 4 is 10.9 Å². The number of aryl methyl sites for hydroxylation is 2. The van der Waals surface area contributed by atoms with E-state index in [9.17, 15) is 5.11 Å². The molecule has 1 aromatic heterocycles. The van der Waals surface area contributed by atoms with Crippen molar-refractivity contribution < 1.29 is 5.11 Å². The quantitative estimate of drug-likeness (QED) is 0.785. The molecule has 0 radical (unpaired) electrons. The molecule has 3 aromatic rings. The second-order valence-corrected chi connectivity index (χ2v) is 7.47. The summed E-state index contributed by atoms with van der Waals surface area (Å²) in [4.78, 5) is 2.38. The standard InChI is InChI=1S/C22H26N2O/c1-15-4-7-17(8-5-15)22(25)14-24-20-9-6-16(2)12-18(20)19-13-23(3)11-10-21(19)24/h4-9,12,22,25H,10-11,13-14H2,1-3H3. The van der Waals surface area contributed by atoms with Crippen LogP contribution in [0.3, 0.4) is 0 Å². The Labute approximate surface area is 149 Å². The Morgan fingerprint density at radius 3 is 2.52 bits per heavy atom. The number of fused-ring (bicyclic) bond motifs is 3. The van der Waals surface area contributed by atoms with Crippen molar-refractivity contribution in [2.24, 2.45) is 0 Å². The van der Waals surface area contributed by atoms with Crippen LogP contribution in [0.1, 0.15) is 34.1 Å². The summed E-state index contributed by atoms with van der Waals surface area (Å²) in [5, 5.41) is 12.2. The molecular formula is C22H26N2O. The zero-order chi connectivity index (χ0) is 17.6. The van der Waals surface area contributed by atoms with E-state index in [-0.39, 0.29) is 0 Å². The minimum Gasteiger partial charge on any atom is -0.387 e. The van der Waals surface area contributed by atoms with Crippen molar-refractivity contribution in [1.29, 1.82) is 0 Å². The molecule has 1 aliphatic rings. The number of nitrogens with zero attached hydrogens (tertiary/aromatic N) is 2. The highest BCUT2D eigenvalue weighted by Gasteiger charge is 2.23.